The summed E-state index contributed by atoms with van der Waals surface area (Å²) in [6.07, 6.45) is 4.11. The van der Waals surface area contributed by atoms with Crippen LogP contribution in [0.4, 0.5) is 0 Å². The highest BCUT2D eigenvalue weighted by Crippen LogP contribution is 2.38. The molecule has 0 atom stereocenters. The number of aromatic amines is 1. The number of carboxylic acid groups (broad SMARTS) is 1. The van der Waals surface area contributed by atoms with Crippen molar-refractivity contribution >= 4 is 48.7 Å². The molecule has 6 heteroatoms. The Labute approximate surface area is 162 Å². The van der Waals surface area contributed by atoms with Gasteiger partial charge in [0.05, 0.1) is 15.4 Å². The average molecular weight is 467 g/mol. The number of halogens is 2. The normalized spacial score (nSPS) is 11.0. The summed E-state index contributed by atoms with van der Waals surface area (Å²) >= 11 is 6.95. The van der Waals surface area contributed by atoms with Crippen LogP contribution in [0.1, 0.15) is 24.5 Å². The number of H-pyrrole nitrogens is 1. The molecule has 1 aromatic heterocycles. The molecule has 2 aromatic carbocycles. The van der Waals surface area contributed by atoms with Gasteiger partial charge in [-0.1, -0.05) is 13.3 Å². The molecule has 0 saturated carbocycles. The second kappa shape index (κ2) is 7.62. The summed E-state index contributed by atoms with van der Waals surface area (Å²) in [7, 11) is 0. The van der Waals surface area contributed by atoms with Gasteiger partial charge in [0.15, 0.2) is 5.75 Å². The third-order valence-corrected chi connectivity index (χ3v) is 5.07. The largest absolute Gasteiger partial charge is 0.481 e. The first-order valence-corrected chi connectivity index (χ1v) is 9.54. The molecule has 2 N–H and O–H groups in total. The van der Waals surface area contributed by atoms with Crippen LogP contribution in [0.15, 0.2) is 45.5 Å². The molecule has 0 aliphatic heterocycles. The second-order valence-corrected chi connectivity index (χ2v) is 7.54. The molecule has 0 aliphatic carbocycles. The van der Waals surface area contributed by atoms with Gasteiger partial charge in [-0.3, -0.25) is 4.79 Å². The summed E-state index contributed by atoms with van der Waals surface area (Å²) in [6.45, 7) is 2.16. The average Bonchev–Trinajstić information content (AvgIpc) is 2.93. The monoisotopic (exact) mass is 465 g/mol. The molecule has 0 fully saturated rings. The van der Waals surface area contributed by atoms with Gasteiger partial charge in [0, 0.05) is 17.1 Å². The maximum absolute atomic E-state index is 10.9. The molecule has 130 valence electrons. The number of rotatable bonds is 6. The minimum absolute atomic E-state index is 0.0346. The van der Waals surface area contributed by atoms with Crippen LogP contribution in [-0.2, 0) is 17.6 Å². The Morgan fingerprint density at radius 2 is 1.92 bits per heavy atom. The molecule has 0 bridgehead atoms. The van der Waals surface area contributed by atoms with Gasteiger partial charge in [0.2, 0.25) is 0 Å². The summed E-state index contributed by atoms with van der Waals surface area (Å²) < 4.78 is 7.47. The first kappa shape index (κ1) is 18.0. The number of aryl methyl sites for hydroxylation is 1. The van der Waals surface area contributed by atoms with Crippen LogP contribution in [0.25, 0.3) is 10.9 Å². The lowest BCUT2D eigenvalue weighted by molar-refractivity contribution is -0.136. The van der Waals surface area contributed by atoms with E-state index < -0.39 is 5.97 Å². The standard InChI is InChI=1S/C19H17Br2NO3/c1-2-3-12-10-22-17-5-4-13(9-14(12)17)25-19-15(20)6-11(7-16(19)21)8-18(23)24/h4-7,9-10,22H,2-3,8H2,1H3,(H,23,24). The van der Waals surface area contributed by atoms with E-state index >= 15 is 0 Å². The van der Waals surface area contributed by atoms with Crippen molar-refractivity contribution in [1.29, 1.82) is 0 Å². The number of nitrogens with one attached hydrogen (secondary N) is 1. The van der Waals surface area contributed by atoms with E-state index in [1.165, 1.54) is 5.56 Å². The number of benzene rings is 2. The smallest absolute Gasteiger partial charge is 0.307 e. The Hall–Kier alpha value is -1.79. The number of aliphatic carboxylic acids is 1. The Balaban J connectivity index is 1.92. The topological polar surface area (TPSA) is 62.3 Å². The Kier molecular flexibility index (Phi) is 5.49. The van der Waals surface area contributed by atoms with Crippen molar-refractivity contribution in [3.8, 4) is 11.5 Å². The summed E-state index contributed by atoms with van der Waals surface area (Å²) in [6, 6.07) is 9.49. The summed E-state index contributed by atoms with van der Waals surface area (Å²) in [5.41, 5.74) is 3.06. The number of fused-ring (bicyclic) bond motifs is 1. The van der Waals surface area contributed by atoms with E-state index in [1.807, 2.05) is 24.4 Å². The molecule has 0 amide bonds. The van der Waals surface area contributed by atoms with Gasteiger partial charge < -0.3 is 14.8 Å². The van der Waals surface area contributed by atoms with Gasteiger partial charge in [-0.2, -0.15) is 0 Å². The molecule has 0 aliphatic rings. The van der Waals surface area contributed by atoms with E-state index in [2.05, 4.69) is 43.8 Å². The van der Waals surface area contributed by atoms with E-state index in [1.54, 1.807) is 12.1 Å². The van der Waals surface area contributed by atoms with E-state index in [-0.39, 0.29) is 6.42 Å². The maximum Gasteiger partial charge on any atom is 0.307 e. The van der Waals surface area contributed by atoms with Gasteiger partial charge in [0.25, 0.3) is 0 Å². The molecule has 0 spiro atoms. The summed E-state index contributed by atoms with van der Waals surface area (Å²) in [5.74, 6) is 0.492. The van der Waals surface area contributed by atoms with Gasteiger partial charge in [-0.05, 0) is 79.7 Å². The Morgan fingerprint density at radius 3 is 2.56 bits per heavy atom. The fourth-order valence-electron chi connectivity index (χ4n) is 2.80. The quantitative estimate of drug-likeness (QED) is 0.463. The molecular weight excluding hydrogens is 450 g/mol. The number of carbonyl (C=O) groups is 1. The molecule has 3 aromatic rings. The van der Waals surface area contributed by atoms with Crippen molar-refractivity contribution in [2.24, 2.45) is 0 Å². The van der Waals surface area contributed by atoms with E-state index in [4.69, 9.17) is 9.84 Å². The van der Waals surface area contributed by atoms with Gasteiger partial charge in [-0.25, -0.2) is 0 Å². The van der Waals surface area contributed by atoms with Crippen LogP contribution >= 0.6 is 31.9 Å². The second-order valence-electron chi connectivity index (χ2n) is 5.83. The lowest BCUT2D eigenvalue weighted by atomic mass is 10.1. The minimum atomic E-state index is -0.867. The minimum Gasteiger partial charge on any atom is -0.481 e. The summed E-state index contributed by atoms with van der Waals surface area (Å²) in [5, 5.41) is 10.1. The number of hydrogen-bond donors (Lipinski definition) is 2. The van der Waals surface area contributed by atoms with Crippen molar-refractivity contribution in [1.82, 2.24) is 4.98 Å². The molecule has 4 nitrogen and oxygen atoms in total. The first-order chi connectivity index (χ1) is 12.0. The fourth-order valence-corrected chi connectivity index (χ4v) is 4.24. The number of carboxylic acids is 1. The summed E-state index contributed by atoms with van der Waals surface area (Å²) in [4.78, 5) is 14.2. The fraction of sp³-hybridized carbons (Fsp3) is 0.211. The third kappa shape index (κ3) is 4.07. The van der Waals surface area contributed by atoms with Crippen LogP contribution in [0.3, 0.4) is 0 Å². The lowest BCUT2D eigenvalue weighted by Crippen LogP contribution is -2.00. The maximum atomic E-state index is 10.9. The zero-order valence-electron chi connectivity index (χ0n) is 13.6. The molecular formula is C19H17Br2NO3. The van der Waals surface area contributed by atoms with Gasteiger partial charge in [0.1, 0.15) is 5.75 Å². The number of aromatic nitrogens is 1. The van der Waals surface area contributed by atoms with Crippen LogP contribution in [-0.4, -0.2) is 16.1 Å². The predicted octanol–water partition coefficient (Wildman–Crippen LogP) is 6.06. The molecule has 1 heterocycles. The molecule has 0 saturated heterocycles. The van der Waals surface area contributed by atoms with Crippen molar-refractivity contribution in [3.05, 3.63) is 56.6 Å². The highest BCUT2D eigenvalue weighted by Gasteiger charge is 2.13. The van der Waals surface area contributed by atoms with E-state index in [0.29, 0.717) is 20.3 Å². The van der Waals surface area contributed by atoms with E-state index in [0.717, 1.165) is 29.5 Å². The lowest BCUT2D eigenvalue weighted by Gasteiger charge is -2.12. The number of ether oxygens (including phenoxy) is 1. The molecule has 0 radical (unpaired) electrons. The molecule has 25 heavy (non-hydrogen) atoms. The van der Waals surface area contributed by atoms with Crippen molar-refractivity contribution in [3.63, 3.8) is 0 Å². The van der Waals surface area contributed by atoms with Crippen LogP contribution < -0.4 is 4.74 Å². The Morgan fingerprint density at radius 1 is 1.20 bits per heavy atom. The van der Waals surface area contributed by atoms with E-state index in [9.17, 15) is 4.79 Å². The van der Waals surface area contributed by atoms with Crippen molar-refractivity contribution in [2.75, 3.05) is 0 Å². The SMILES string of the molecule is CCCc1c[nH]c2ccc(Oc3c(Br)cc(CC(=O)O)cc3Br)cc12. The highest BCUT2D eigenvalue weighted by atomic mass is 79.9. The van der Waals surface area contributed by atoms with Crippen LogP contribution in [0.2, 0.25) is 0 Å². The van der Waals surface area contributed by atoms with Crippen molar-refractivity contribution in [2.45, 2.75) is 26.2 Å². The highest BCUT2D eigenvalue weighted by molar-refractivity contribution is 9.11. The number of hydrogen-bond acceptors (Lipinski definition) is 2. The van der Waals surface area contributed by atoms with Gasteiger partial charge in [-0.15, -0.1) is 0 Å². The zero-order valence-corrected chi connectivity index (χ0v) is 16.8. The molecule has 0 unspecified atom stereocenters. The van der Waals surface area contributed by atoms with Crippen molar-refractivity contribution < 1.29 is 14.6 Å². The Bertz CT molecular complexity index is 911. The third-order valence-electron chi connectivity index (χ3n) is 3.89. The first-order valence-electron chi connectivity index (χ1n) is 7.95. The van der Waals surface area contributed by atoms with Crippen LogP contribution in [0, 0.1) is 0 Å². The predicted molar refractivity (Wildman–Crippen MR) is 106 cm³/mol. The zero-order chi connectivity index (χ0) is 18.0. The van der Waals surface area contributed by atoms with Gasteiger partial charge >= 0.3 is 5.97 Å². The van der Waals surface area contributed by atoms with Crippen LogP contribution in [0.5, 0.6) is 11.5 Å². The molecule has 3 rings (SSSR count).